The molecule has 0 radical (unpaired) electrons. The highest BCUT2D eigenvalue weighted by atomic mass is 16.7. The zero-order valence-electron chi connectivity index (χ0n) is 18.4. The van der Waals surface area contributed by atoms with E-state index in [2.05, 4.69) is 0 Å². The van der Waals surface area contributed by atoms with Crippen molar-refractivity contribution in [1.29, 1.82) is 0 Å². The summed E-state index contributed by atoms with van der Waals surface area (Å²) in [6.45, 7) is 6.21. The Hall–Kier alpha value is -2.45. The lowest BCUT2D eigenvalue weighted by atomic mass is 10.1. The molecule has 0 unspecified atom stereocenters. The first-order chi connectivity index (χ1) is 14.1. The number of likely N-dealkylation sites (N-methyl/N-ethyl adjacent to an activating group) is 1. The number of nitrogens with zero attached hydrogens (tertiary/aromatic N) is 2. The van der Waals surface area contributed by atoms with Crippen LogP contribution in [0, 0.1) is 0 Å². The topological polar surface area (TPSA) is 85.4 Å². The van der Waals surface area contributed by atoms with Gasteiger partial charge in [-0.1, -0.05) is 30.3 Å². The maximum atomic E-state index is 12.8. The number of hydrogen-bond acceptors (Lipinski definition) is 6. The molecule has 1 aliphatic heterocycles. The first-order valence-electron chi connectivity index (χ1n) is 10.1. The molecule has 2 amide bonds. The summed E-state index contributed by atoms with van der Waals surface area (Å²) in [6.07, 6.45) is 0.600. The third kappa shape index (κ3) is 6.53. The van der Waals surface area contributed by atoms with Gasteiger partial charge in [-0.05, 0) is 39.2 Å². The van der Waals surface area contributed by atoms with Gasteiger partial charge in [0.05, 0.1) is 13.7 Å². The molecular formula is C22H32N2O6. The molecule has 2 atom stereocenters. The molecular weight excluding hydrogens is 388 g/mol. The molecule has 1 fully saturated rings. The van der Waals surface area contributed by atoms with Crippen molar-refractivity contribution in [2.24, 2.45) is 0 Å². The normalized spacial score (nSPS) is 19.1. The van der Waals surface area contributed by atoms with Crippen LogP contribution in [0.2, 0.25) is 0 Å². The average Bonchev–Trinajstić information content (AvgIpc) is 3.02. The fourth-order valence-corrected chi connectivity index (χ4v) is 3.32. The highest BCUT2D eigenvalue weighted by Gasteiger charge is 2.49. The second-order valence-electron chi connectivity index (χ2n) is 8.31. The Morgan fingerprint density at radius 2 is 1.87 bits per heavy atom. The van der Waals surface area contributed by atoms with Gasteiger partial charge in [-0.2, -0.15) is 0 Å². The van der Waals surface area contributed by atoms with Gasteiger partial charge in [0, 0.05) is 26.1 Å². The zero-order chi connectivity index (χ0) is 22.3. The van der Waals surface area contributed by atoms with Gasteiger partial charge in [0.15, 0.2) is 11.8 Å². The van der Waals surface area contributed by atoms with Gasteiger partial charge >= 0.3 is 6.09 Å². The molecule has 8 nitrogen and oxygen atoms in total. The summed E-state index contributed by atoms with van der Waals surface area (Å²) in [5, 5.41) is 0.964. The Balaban J connectivity index is 2.01. The Labute approximate surface area is 178 Å². The van der Waals surface area contributed by atoms with Crippen molar-refractivity contribution in [3.8, 4) is 0 Å². The van der Waals surface area contributed by atoms with E-state index in [0.29, 0.717) is 26.1 Å². The number of benzene rings is 1. The summed E-state index contributed by atoms with van der Waals surface area (Å²) in [4.78, 5) is 44.3. The second-order valence-corrected chi connectivity index (χ2v) is 8.31. The van der Waals surface area contributed by atoms with Crippen LogP contribution in [0.4, 0.5) is 4.79 Å². The monoisotopic (exact) mass is 420 g/mol. The van der Waals surface area contributed by atoms with E-state index in [-0.39, 0.29) is 12.2 Å². The SMILES string of the molecule is CON(C)C(=O)[C@H]1C(=O)C[C@@H](CCCOCc2ccccc2)N1C(=O)OC(C)(C)C. The maximum absolute atomic E-state index is 12.8. The molecule has 0 N–H and O–H groups in total. The number of ether oxygens (including phenoxy) is 2. The van der Waals surface area contributed by atoms with Crippen molar-refractivity contribution in [2.45, 2.75) is 64.3 Å². The van der Waals surface area contributed by atoms with Crippen molar-refractivity contribution in [1.82, 2.24) is 9.96 Å². The van der Waals surface area contributed by atoms with E-state index < -0.39 is 29.7 Å². The minimum absolute atomic E-state index is 0.103. The first-order valence-corrected chi connectivity index (χ1v) is 10.1. The fourth-order valence-electron chi connectivity index (χ4n) is 3.32. The molecule has 0 aromatic heterocycles. The Morgan fingerprint density at radius 3 is 2.47 bits per heavy atom. The molecule has 0 spiro atoms. The van der Waals surface area contributed by atoms with Gasteiger partial charge in [-0.15, -0.1) is 0 Å². The molecule has 1 aromatic carbocycles. The number of Topliss-reactive ketones (excluding diaryl/α,β-unsaturated/α-hetero) is 1. The predicted molar refractivity (Wildman–Crippen MR) is 110 cm³/mol. The number of ketones is 1. The Morgan fingerprint density at radius 1 is 1.20 bits per heavy atom. The molecule has 0 aliphatic carbocycles. The van der Waals surface area contributed by atoms with Gasteiger partial charge < -0.3 is 9.47 Å². The maximum Gasteiger partial charge on any atom is 0.411 e. The van der Waals surface area contributed by atoms with Crippen molar-refractivity contribution in [2.75, 3.05) is 20.8 Å². The van der Waals surface area contributed by atoms with Crippen molar-refractivity contribution in [3.05, 3.63) is 35.9 Å². The van der Waals surface area contributed by atoms with E-state index in [4.69, 9.17) is 14.3 Å². The number of hydroxylamine groups is 2. The van der Waals surface area contributed by atoms with Crippen molar-refractivity contribution in [3.63, 3.8) is 0 Å². The molecule has 1 saturated heterocycles. The van der Waals surface area contributed by atoms with E-state index in [9.17, 15) is 14.4 Å². The van der Waals surface area contributed by atoms with Crippen molar-refractivity contribution >= 4 is 17.8 Å². The number of rotatable bonds is 8. The van der Waals surface area contributed by atoms with Crippen LogP contribution in [-0.4, -0.2) is 66.2 Å². The van der Waals surface area contributed by atoms with E-state index in [0.717, 1.165) is 10.6 Å². The molecule has 0 bridgehead atoms. The van der Waals surface area contributed by atoms with Gasteiger partial charge in [-0.25, -0.2) is 9.86 Å². The summed E-state index contributed by atoms with van der Waals surface area (Å²) in [6, 6.07) is 8.17. The summed E-state index contributed by atoms with van der Waals surface area (Å²) in [5.41, 5.74) is 0.337. The third-order valence-electron chi connectivity index (χ3n) is 4.77. The van der Waals surface area contributed by atoms with E-state index in [1.807, 2.05) is 30.3 Å². The van der Waals surface area contributed by atoms with Crippen LogP contribution in [-0.2, 0) is 30.5 Å². The van der Waals surface area contributed by atoms with Crippen LogP contribution < -0.4 is 0 Å². The first kappa shape index (κ1) is 23.8. The van der Waals surface area contributed by atoms with Gasteiger partial charge in [0.1, 0.15) is 5.60 Å². The Bertz CT molecular complexity index is 731. The van der Waals surface area contributed by atoms with E-state index >= 15 is 0 Å². The molecule has 1 aromatic rings. The van der Waals surface area contributed by atoms with Crippen LogP contribution in [0.5, 0.6) is 0 Å². The quantitative estimate of drug-likeness (QED) is 0.365. The summed E-state index contributed by atoms with van der Waals surface area (Å²) < 4.78 is 11.2. The van der Waals surface area contributed by atoms with Crippen LogP contribution in [0.15, 0.2) is 30.3 Å². The molecule has 1 aliphatic rings. The van der Waals surface area contributed by atoms with Crippen molar-refractivity contribution < 1.29 is 28.7 Å². The molecule has 166 valence electrons. The van der Waals surface area contributed by atoms with E-state index in [1.165, 1.54) is 19.1 Å². The van der Waals surface area contributed by atoms with Gasteiger partial charge in [-0.3, -0.25) is 19.3 Å². The molecule has 0 saturated carbocycles. The number of amides is 2. The standard InChI is InChI=1S/C22H32N2O6/c1-22(2,3)30-21(27)24-17(14-18(25)19(24)20(26)23(4)28-5)12-9-13-29-15-16-10-7-6-8-11-16/h6-8,10-11,17,19H,9,12-15H2,1-5H3/t17-,19-/m1/s1. The summed E-state index contributed by atoms with van der Waals surface area (Å²) in [5.74, 6) is -0.902. The van der Waals surface area contributed by atoms with E-state index in [1.54, 1.807) is 20.8 Å². The smallest absolute Gasteiger partial charge is 0.411 e. The second kappa shape index (κ2) is 10.5. The summed E-state index contributed by atoms with van der Waals surface area (Å²) >= 11 is 0. The predicted octanol–water partition coefficient (Wildman–Crippen LogP) is 2.95. The molecule has 1 heterocycles. The largest absolute Gasteiger partial charge is 0.444 e. The number of carbonyl (C=O) groups is 3. The average molecular weight is 421 g/mol. The number of likely N-dealkylation sites (tertiary alicyclic amines) is 1. The van der Waals surface area contributed by atoms with Gasteiger partial charge in [0.25, 0.3) is 5.91 Å². The summed E-state index contributed by atoms with van der Waals surface area (Å²) in [7, 11) is 2.74. The lowest BCUT2D eigenvalue weighted by molar-refractivity contribution is -0.174. The fraction of sp³-hybridized carbons (Fsp3) is 0.591. The third-order valence-corrected chi connectivity index (χ3v) is 4.77. The van der Waals surface area contributed by atoms with Crippen LogP contribution in [0.3, 0.4) is 0 Å². The minimum atomic E-state index is -1.24. The molecule has 8 heteroatoms. The lowest BCUT2D eigenvalue weighted by Gasteiger charge is -2.32. The van der Waals surface area contributed by atoms with Crippen LogP contribution in [0.1, 0.15) is 45.6 Å². The van der Waals surface area contributed by atoms with Crippen LogP contribution >= 0.6 is 0 Å². The number of hydrogen-bond donors (Lipinski definition) is 0. The highest BCUT2D eigenvalue weighted by molar-refractivity contribution is 6.09. The highest BCUT2D eigenvalue weighted by Crippen LogP contribution is 2.28. The Kier molecular flexibility index (Phi) is 8.37. The van der Waals surface area contributed by atoms with Crippen LogP contribution in [0.25, 0.3) is 0 Å². The van der Waals surface area contributed by atoms with Gasteiger partial charge in [0.2, 0.25) is 0 Å². The lowest BCUT2D eigenvalue weighted by Crippen LogP contribution is -2.52. The minimum Gasteiger partial charge on any atom is -0.444 e. The molecule has 30 heavy (non-hydrogen) atoms. The zero-order valence-corrected chi connectivity index (χ0v) is 18.4. The molecule has 2 rings (SSSR count). The number of carbonyl (C=O) groups excluding carboxylic acids is 3.